The Morgan fingerprint density at radius 3 is 2.64 bits per heavy atom. The normalized spacial score (nSPS) is 11.4. The van der Waals surface area contributed by atoms with Crippen LogP contribution in [-0.2, 0) is 4.79 Å². The Morgan fingerprint density at radius 2 is 2.18 bits per heavy atom. The Hall–Kier alpha value is -0.830. The maximum atomic E-state index is 10.5. The van der Waals surface area contributed by atoms with Crippen LogP contribution in [0.5, 0.6) is 0 Å². The zero-order valence-electron chi connectivity index (χ0n) is 7.05. The molecule has 0 fully saturated rings. The quantitative estimate of drug-likeness (QED) is 0.450. The average molecular weight is 157 g/mol. The van der Waals surface area contributed by atoms with Gasteiger partial charge in [0.15, 0.2) is 5.78 Å². The van der Waals surface area contributed by atoms with E-state index in [4.69, 9.17) is 5.11 Å². The van der Waals surface area contributed by atoms with Crippen LogP contribution in [0, 0.1) is 0 Å². The minimum atomic E-state index is 0.0407. The van der Waals surface area contributed by atoms with Crippen molar-refractivity contribution in [2.24, 2.45) is 0 Å². The van der Waals surface area contributed by atoms with Gasteiger partial charge in [0.1, 0.15) is 0 Å². The van der Waals surface area contributed by atoms with E-state index in [1.54, 1.807) is 0 Å². The number of carbonyl (C=O) groups is 1. The molecule has 3 nitrogen and oxygen atoms in total. The number of hydrogen-bond donors (Lipinski definition) is 2. The maximum Gasteiger partial charge on any atom is 0.154 e. The van der Waals surface area contributed by atoms with Crippen molar-refractivity contribution in [1.82, 2.24) is 5.32 Å². The first kappa shape index (κ1) is 10.2. The maximum absolute atomic E-state index is 10.5. The molecule has 0 aromatic rings. The van der Waals surface area contributed by atoms with Crippen molar-refractivity contribution in [2.45, 2.75) is 20.3 Å². The molecule has 0 amide bonds. The fourth-order valence-electron chi connectivity index (χ4n) is 0.721. The molecule has 0 unspecified atom stereocenters. The largest absolute Gasteiger partial charge is 0.396 e. The molecule has 0 aromatic heterocycles. The summed E-state index contributed by atoms with van der Waals surface area (Å²) in [5, 5.41) is 11.4. The van der Waals surface area contributed by atoms with Crippen molar-refractivity contribution in [3.05, 3.63) is 11.8 Å². The third-order valence-corrected chi connectivity index (χ3v) is 1.16. The van der Waals surface area contributed by atoms with Gasteiger partial charge in [-0.25, -0.2) is 0 Å². The van der Waals surface area contributed by atoms with Gasteiger partial charge in [0.2, 0.25) is 0 Å². The number of aliphatic hydroxyl groups is 1. The van der Waals surface area contributed by atoms with E-state index in [-0.39, 0.29) is 12.4 Å². The van der Waals surface area contributed by atoms with E-state index in [9.17, 15) is 4.79 Å². The molecule has 0 spiro atoms. The van der Waals surface area contributed by atoms with Crippen LogP contribution in [0.1, 0.15) is 20.3 Å². The van der Waals surface area contributed by atoms with Gasteiger partial charge in [0, 0.05) is 18.8 Å². The minimum absolute atomic E-state index is 0.0407. The van der Waals surface area contributed by atoms with Crippen molar-refractivity contribution in [3.8, 4) is 0 Å². The molecule has 0 heterocycles. The lowest BCUT2D eigenvalue weighted by molar-refractivity contribution is -0.112. The summed E-state index contributed by atoms with van der Waals surface area (Å²) in [5.74, 6) is 0.0407. The first-order valence-corrected chi connectivity index (χ1v) is 3.70. The standard InChI is InChI=1S/C8H15NO2/c1-7(6-8(2)11)9-4-3-5-10/h6,9-10H,3-5H2,1-2H3/b7-6-. The number of allylic oxidation sites excluding steroid dienone is 2. The van der Waals surface area contributed by atoms with Gasteiger partial charge in [0.25, 0.3) is 0 Å². The van der Waals surface area contributed by atoms with E-state index in [1.165, 1.54) is 13.0 Å². The highest BCUT2D eigenvalue weighted by molar-refractivity contribution is 5.87. The number of hydrogen-bond acceptors (Lipinski definition) is 3. The molecule has 64 valence electrons. The molecule has 2 N–H and O–H groups in total. The van der Waals surface area contributed by atoms with E-state index in [0.29, 0.717) is 13.0 Å². The lowest BCUT2D eigenvalue weighted by Crippen LogP contribution is -2.14. The molecule has 0 aromatic carbocycles. The molecule has 0 bridgehead atoms. The molecule has 0 aliphatic carbocycles. The number of ketones is 1. The molecule has 3 heteroatoms. The summed E-state index contributed by atoms with van der Waals surface area (Å²) < 4.78 is 0. The zero-order valence-corrected chi connectivity index (χ0v) is 7.05. The van der Waals surface area contributed by atoms with Crippen LogP contribution < -0.4 is 5.32 Å². The van der Waals surface area contributed by atoms with Crippen molar-refractivity contribution in [3.63, 3.8) is 0 Å². The summed E-state index contributed by atoms with van der Waals surface area (Å²) >= 11 is 0. The number of carbonyl (C=O) groups excluding carboxylic acids is 1. The van der Waals surface area contributed by atoms with E-state index >= 15 is 0 Å². The highest BCUT2D eigenvalue weighted by atomic mass is 16.3. The summed E-state index contributed by atoms with van der Waals surface area (Å²) in [7, 11) is 0. The van der Waals surface area contributed by atoms with Crippen LogP contribution in [0.15, 0.2) is 11.8 Å². The number of aliphatic hydroxyl groups excluding tert-OH is 1. The second kappa shape index (κ2) is 5.92. The van der Waals surface area contributed by atoms with Gasteiger partial charge in [-0.15, -0.1) is 0 Å². The molecule has 0 radical (unpaired) electrons. The molecule has 0 aliphatic rings. The van der Waals surface area contributed by atoms with Crippen LogP contribution >= 0.6 is 0 Å². The molecule has 0 saturated heterocycles. The van der Waals surface area contributed by atoms with Gasteiger partial charge in [0.05, 0.1) is 0 Å². The van der Waals surface area contributed by atoms with Gasteiger partial charge in [-0.1, -0.05) is 0 Å². The molecule has 0 saturated carbocycles. The minimum Gasteiger partial charge on any atom is -0.396 e. The summed E-state index contributed by atoms with van der Waals surface area (Å²) in [6.45, 7) is 4.24. The first-order chi connectivity index (χ1) is 5.16. The topological polar surface area (TPSA) is 49.3 Å². The number of rotatable bonds is 5. The lowest BCUT2D eigenvalue weighted by Gasteiger charge is -2.03. The molecule has 0 rings (SSSR count). The van der Waals surface area contributed by atoms with Crippen LogP contribution in [0.3, 0.4) is 0 Å². The highest BCUT2D eigenvalue weighted by Crippen LogP contribution is 1.87. The van der Waals surface area contributed by atoms with Crippen LogP contribution in [0.4, 0.5) is 0 Å². The predicted molar refractivity (Wildman–Crippen MR) is 44.1 cm³/mol. The Labute approximate surface area is 67.1 Å². The van der Waals surface area contributed by atoms with E-state index in [0.717, 1.165) is 5.70 Å². The summed E-state index contributed by atoms with van der Waals surface area (Å²) in [6, 6.07) is 0. The number of nitrogens with one attached hydrogen (secondary N) is 1. The van der Waals surface area contributed by atoms with Crippen molar-refractivity contribution < 1.29 is 9.90 Å². The SMILES string of the molecule is CC(=O)/C=C(/C)NCCCO. The monoisotopic (exact) mass is 157 g/mol. The van der Waals surface area contributed by atoms with Crippen LogP contribution in [0.2, 0.25) is 0 Å². The second-order valence-corrected chi connectivity index (χ2v) is 2.44. The second-order valence-electron chi connectivity index (χ2n) is 2.44. The van der Waals surface area contributed by atoms with Crippen molar-refractivity contribution in [1.29, 1.82) is 0 Å². The zero-order chi connectivity index (χ0) is 8.69. The summed E-state index contributed by atoms with van der Waals surface area (Å²) in [5.41, 5.74) is 0.853. The van der Waals surface area contributed by atoms with E-state index < -0.39 is 0 Å². The Bertz CT molecular complexity index is 152. The van der Waals surface area contributed by atoms with Gasteiger partial charge >= 0.3 is 0 Å². The van der Waals surface area contributed by atoms with Crippen LogP contribution in [-0.4, -0.2) is 24.0 Å². The van der Waals surface area contributed by atoms with Gasteiger partial charge in [-0.05, 0) is 26.3 Å². The third-order valence-electron chi connectivity index (χ3n) is 1.16. The molecule has 11 heavy (non-hydrogen) atoms. The lowest BCUT2D eigenvalue weighted by atomic mass is 10.3. The summed E-state index contributed by atoms with van der Waals surface area (Å²) in [6.07, 6.45) is 2.25. The Balaban J connectivity index is 3.51. The Morgan fingerprint density at radius 1 is 1.55 bits per heavy atom. The molecular formula is C8H15NO2. The average Bonchev–Trinajstić information content (AvgIpc) is 1.86. The fourth-order valence-corrected chi connectivity index (χ4v) is 0.721. The fraction of sp³-hybridized carbons (Fsp3) is 0.625. The summed E-state index contributed by atoms with van der Waals surface area (Å²) in [4.78, 5) is 10.5. The van der Waals surface area contributed by atoms with Crippen molar-refractivity contribution >= 4 is 5.78 Å². The third kappa shape index (κ3) is 7.06. The Kier molecular flexibility index (Phi) is 5.47. The highest BCUT2D eigenvalue weighted by Gasteiger charge is 1.89. The van der Waals surface area contributed by atoms with E-state index in [1.807, 2.05) is 6.92 Å². The van der Waals surface area contributed by atoms with Gasteiger partial charge < -0.3 is 10.4 Å². The molecule has 0 aliphatic heterocycles. The van der Waals surface area contributed by atoms with Crippen molar-refractivity contribution in [2.75, 3.05) is 13.2 Å². The first-order valence-electron chi connectivity index (χ1n) is 3.70. The van der Waals surface area contributed by atoms with Gasteiger partial charge in [-0.2, -0.15) is 0 Å². The van der Waals surface area contributed by atoms with E-state index in [2.05, 4.69) is 5.32 Å². The molecular weight excluding hydrogens is 142 g/mol. The smallest absolute Gasteiger partial charge is 0.154 e. The predicted octanol–water partition coefficient (Wildman–Crippen LogP) is 0.451. The van der Waals surface area contributed by atoms with Crippen LogP contribution in [0.25, 0.3) is 0 Å². The van der Waals surface area contributed by atoms with Gasteiger partial charge in [-0.3, -0.25) is 4.79 Å². The molecule has 0 atom stereocenters.